The molecule has 1 aromatic rings. The molecule has 0 aromatic heterocycles. The number of hydrogen-bond acceptors (Lipinski definition) is 2. The van der Waals surface area contributed by atoms with E-state index in [4.69, 9.17) is 4.74 Å². The highest BCUT2D eigenvalue weighted by Crippen LogP contribution is 2.32. The molecule has 0 saturated carbocycles. The molecular weight excluding hydrogens is 222 g/mol. The van der Waals surface area contributed by atoms with Crippen molar-refractivity contribution in [1.82, 2.24) is 5.32 Å². The highest BCUT2D eigenvalue weighted by Gasteiger charge is 2.34. The molecule has 1 aliphatic rings. The molecule has 0 radical (unpaired) electrons. The number of hydrogen-bond donors (Lipinski definition) is 1. The van der Waals surface area contributed by atoms with Crippen LogP contribution in [-0.2, 0) is 11.2 Å². The van der Waals surface area contributed by atoms with Gasteiger partial charge in [-0.15, -0.1) is 0 Å². The fraction of sp³-hybridized carbons (Fsp3) is 0.625. The second-order valence-electron chi connectivity index (χ2n) is 5.99. The van der Waals surface area contributed by atoms with Crippen molar-refractivity contribution < 1.29 is 4.74 Å². The third-order valence-corrected chi connectivity index (χ3v) is 3.66. The van der Waals surface area contributed by atoms with Gasteiger partial charge < -0.3 is 10.1 Å². The molecule has 2 nitrogen and oxygen atoms in total. The van der Waals surface area contributed by atoms with Crippen LogP contribution >= 0.6 is 0 Å². The number of rotatable bonds is 6. The molecule has 0 spiro atoms. The second kappa shape index (κ2) is 6.35. The van der Waals surface area contributed by atoms with Gasteiger partial charge in [0, 0.05) is 18.6 Å². The van der Waals surface area contributed by atoms with Crippen molar-refractivity contribution in [2.24, 2.45) is 11.3 Å². The molecule has 100 valence electrons. The van der Waals surface area contributed by atoms with Crippen LogP contribution in [0.1, 0.15) is 25.8 Å². The largest absolute Gasteiger partial charge is 0.381 e. The standard InChI is InChI=1S/C16H25NO/c1-14(2)11-17-12-16(8-9-18-13-16)10-15-6-4-3-5-7-15/h3-7,14,17H,8-13H2,1-2H3. The Balaban J connectivity index is 1.94. The average Bonchev–Trinajstić information content (AvgIpc) is 2.78. The Labute approximate surface area is 111 Å². The van der Waals surface area contributed by atoms with Crippen molar-refractivity contribution in [3.63, 3.8) is 0 Å². The van der Waals surface area contributed by atoms with Gasteiger partial charge in [0.2, 0.25) is 0 Å². The van der Waals surface area contributed by atoms with Gasteiger partial charge >= 0.3 is 0 Å². The molecule has 18 heavy (non-hydrogen) atoms. The average molecular weight is 247 g/mol. The minimum absolute atomic E-state index is 0.302. The zero-order valence-electron chi connectivity index (χ0n) is 11.6. The maximum atomic E-state index is 5.65. The summed E-state index contributed by atoms with van der Waals surface area (Å²) in [5.41, 5.74) is 1.73. The van der Waals surface area contributed by atoms with Gasteiger partial charge in [-0.1, -0.05) is 44.2 Å². The van der Waals surface area contributed by atoms with Crippen molar-refractivity contribution in [3.8, 4) is 0 Å². The summed E-state index contributed by atoms with van der Waals surface area (Å²) in [6, 6.07) is 10.8. The fourth-order valence-corrected chi connectivity index (χ4v) is 2.65. The maximum absolute atomic E-state index is 5.65. The van der Waals surface area contributed by atoms with Gasteiger partial charge in [-0.05, 0) is 30.9 Å². The predicted molar refractivity (Wildman–Crippen MR) is 75.7 cm³/mol. The molecule has 1 atom stereocenters. The van der Waals surface area contributed by atoms with E-state index in [1.54, 1.807) is 0 Å². The van der Waals surface area contributed by atoms with Crippen LogP contribution in [0.15, 0.2) is 30.3 Å². The summed E-state index contributed by atoms with van der Waals surface area (Å²) < 4.78 is 5.65. The second-order valence-corrected chi connectivity index (χ2v) is 5.99. The molecule has 1 heterocycles. The van der Waals surface area contributed by atoms with E-state index >= 15 is 0 Å². The monoisotopic (exact) mass is 247 g/mol. The SMILES string of the molecule is CC(C)CNCC1(Cc2ccccc2)CCOC1. The van der Waals surface area contributed by atoms with E-state index in [1.165, 1.54) is 12.0 Å². The topological polar surface area (TPSA) is 21.3 Å². The summed E-state index contributed by atoms with van der Waals surface area (Å²) in [6.45, 7) is 8.48. The van der Waals surface area contributed by atoms with Gasteiger partial charge in [0.25, 0.3) is 0 Å². The molecule has 1 saturated heterocycles. The summed E-state index contributed by atoms with van der Waals surface area (Å²) in [5, 5.41) is 3.61. The third-order valence-electron chi connectivity index (χ3n) is 3.66. The van der Waals surface area contributed by atoms with E-state index in [9.17, 15) is 0 Å². The lowest BCUT2D eigenvalue weighted by molar-refractivity contribution is 0.148. The molecule has 2 rings (SSSR count). The Morgan fingerprint density at radius 2 is 2.06 bits per heavy atom. The third kappa shape index (κ3) is 3.82. The van der Waals surface area contributed by atoms with E-state index in [0.717, 1.165) is 32.7 Å². The van der Waals surface area contributed by atoms with E-state index < -0.39 is 0 Å². The highest BCUT2D eigenvalue weighted by atomic mass is 16.5. The summed E-state index contributed by atoms with van der Waals surface area (Å²) >= 11 is 0. The van der Waals surface area contributed by atoms with Crippen LogP contribution in [0.5, 0.6) is 0 Å². The van der Waals surface area contributed by atoms with Crippen LogP contribution in [0, 0.1) is 11.3 Å². The van der Waals surface area contributed by atoms with Gasteiger partial charge in [0.05, 0.1) is 6.61 Å². The summed E-state index contributed by atoms with van der Waals surface area (Å²) in [6.07, 6.45) is 2.30. The first-order chi connectivity index (χ1) is 8.70. The van der Waals surface area contributed by atoms with Crippen molar-refractivity contribution in [1.29, 1.82) is 0 Å². The minimum atomic E-state index is 0.302. The van der Waals surface area contributed by atoms with Crippen LogP contribution < -0.4 is 5.32 Å². The Kier molecular flexibility index (Phi) is 4.79. The minimum Gasteiger partial charge on any atom is -0.381 e. The fourth-order valence-electron chi connectivity index (χ4n) is 2.65. The van der Waals surface area contributed by atoms with Gasteiger partial charge in [-0.2, -0.15) is 0 Å². The quantitative estimate of drug-likeness (QED) is 0.834. The molecule has 1 N–H and O–H groups in total. The Bertz CT molecular complexity index is 341. The lowest BCUT2D eigenvalue weighted by Crippen LogP contribution is -2.38. The molecular formula is C16H25NO. The van der Waals surface area contributed by atoms with E-state index in [1.807, 2.05) is 0 Å². The number of benzene rings is 1. The molecule has 0 bridgehead atoms. The predicted octanol–water partition coefficient (Wildman–Crippen LogP) is 2.88. The van der Waals surface area contributed by atoms with Crippen LogP contribution in [0.4, 0.5) is 0 Å². The van der Waals surface area contributed by atoms with Crippen molar-refractivity contribution >= 4 is 0 Å². The first-order valence-corrected chi connectivity index (χ1v) is 7.03. The van der Waals surface area contributed by atoms with Gasteiger partial charge in [-0.25, -0.2) is 0 Å². The normalized spacial score (nSPS) is 23.7. The Morgan fingerprint density at radius 1 is 1.28 bits per heavy atom. The molecule has 1 fully saturated rings. The van der Waals surface area contributed by atoms with Crippen LogP contribution in [0.25, 0.3) is 0 Å². The Morgan fingerprint density at radius 3 is 2.67 bits per heavy atom. The van der Waals surface area contributed by atoms with Crippen molar-refractivity contribution in [2.45, 2.75) is 26.7 Å². The first-order valence-electron chi connectivity index (χ1n) is 7.03. The van der Waals surface area contributed by atoms with Gasteiger partial charge in [0.15, 0.2) is 0 Å². The van der Waals surface area contributed by atoms with Crippen molar-refractivity contribution in [3.05, 3.63) is 35.9 Å². The first kappa shape index (κ1) is 13.6. The van der Waals surface area contributed by atoms with Crippen LogP contribution in [0.2, 0.25) is 0 Å². The molecule has 0 aliphatic carbocycles. The zero-order valence-corrected chi connectivity index (χ0v) is 11.6. The highest BCUT2D eigenvalue weighted by molar-refractivity contribution is 5.17. The molecule has 1 aliphatic heterocycles. The number of ether oxygens (including phenoxy) is 1. The van der Waals surface area contributed by atoms with Crippen molar-refractivity contribution in [2.75, 3.05) is 26.3 Å². The van der Waals surface area contributed by atoms with E-state index in [0.29, 0.717) is 11.3 Å². The van der Waals surface area contributed by atoms with E-state index in [2.05, 4.69) is 49.5 Å². The van der Waals surface area contributed by atoms with E-state index in [-0.39, 0.29) is 0 Å². The zero-order chi connectivity index (χ0) is 12.8. The smallest absolute Gasteiger partial charge is 0.0538 e. The lowest BCUT2D eigenvalue weighted by atomic mass is 9.81. The maximum Gasteiger partial charge on any atom is 0.0538 e. The summed E-state index contributed by atoms with van der Waals surface area (Å²) in [5.74, 6) is 0.709. The van der Waals surface area contributed by atoms with Crippen LogP contribution in [-0.4, -0.2) is 26.3 Å². The molecule has 2 heteroatoms. The molecule has 1 aromatic carbocycles. The summed E-state index contributed by atoms with van der Waals surface area (Å²) in [7, 11) is 0. The molecule has 1 unspecified atom stereocenters. The van der Waals surface area contributed by atoms with Gasteiger partial charge in [0.1, 0.15) is 0 Å². The lowest BCUT2D eigenvalue weighted by Gasteiger charge is -2.28. The van der Waals surface area contributed by atoms with Gasteiger partial charge in [-0.3, -0.25) is 0 Å². The van der Waals surface area contributed by atoms with Crippen LogP contribution in [0.3, 0.4) is 0 Å². The summed E-state index contributed by atoms with van der Waals surface area (Å²) in [4.78, 5) is 0. The Hall–Kier alpha value is -0.860. The number of nitrogens with one attached hydrogen (secondary N) is 1. The molecule has 0 amide bonds.